The van der Waals surface area contributed by atoms with Gasteiger partial charge in [-0.1, -0.05) is 13.3 Å². The average molecular weight is 389 g/mol. The quantitative estimate of drug-likeness (QED) is 0.603. The maximum Gasteiger partial charge on any atom is 0.219 e. The highest BCUT2D eigenvalue weighted by molar-refractivity contribution is 5.99. The highest BCUT2D eigenvalue weighted by Crippen LogP contribution is 2.31. The van der Waals surface area contributed by atoms with E-state index in [4.69, 9.17) is 9.47 Å². The highest BCUT2D eigenvalue weighted by atomic mass is 16.5. The minimum atomic E-state index is -0.231. The van der Waals surface area contributed by atoms with Gasteiger partial charge in [0.05, 0.1) is 7.11 Å². The van der Waals surface area contributed by atoms with E-state index in [-0.39, 0.29) is 35.9 Å². The second-order valence-corrected chi connectivity index (χ2v) is 7.41. The zero-order valence-electron chi connectivity index (χ0n) is 17.3. The fraction of sp³-hybridized carbons (Fsp3) is 0.591. The Morgan fingerprint density at radius 3 is 2.36 bits per heavy atom. The van der Waals surface area contributed by atoms with Crippen molar-refractivity contribution in [3.63, 3.8) is 0 Å². The molecular formula is C22H31NO5. The molecule has 0 saturated carbocycles. The van der Waals surface area contributed by atoms with E-state index >= 15 is 0 Å². The summed E-state index contributed by atoms with van der Waals surface area (Å²) in [4.78, 5) is 37.6. The Bertz CT molecular complexity index is 707. The van der Waals surface area contributed by atoms with Crippen LogP contribution in [0.2, 0.25) is 0 Å². The van der Waals surface area contributed by atoms with E-state index in [0.29, 0.717) is 30.2 Å². The molecule has 1 aromatic rings. The number of nitrogens with zero attached hydrogens (tertiary/aromatic N) is 1. The van der Waals surface area contributed by atoms with Crippen molar-refractivity contribution in [2.75, 3.05) is 20.2 Å². The molecule has 0 unspecified atom stereocenters. The number of amides is 1. The second-order valence-electron chi connectivity index (χ2n) is 7.41. The van der Waals surface area contributed by atoms with Crippen molar-refractivity contribution in [3.8, 4) is 11.5 Å². The average Bonchev–Trinajstić information content (AvgIpc) is 2.68. The van der Waals surface area contributed by atoms with Crippen molar-refractivity contribution in [1.82, 2.24) is 4.90 Å². The van der Waals surface area contributed by atoms with Crippen LogP contribution in [0.5, 0.6) is 11.5 Å². The third kappa shape index (κ3) is 5.81. The molecule has 1 aliphatic rings. The first-order valence-corrected chi connectivity index (χ1v) is 9.99. The van der Waals surface area contributed by atoms with Gasteiger partial charge in [0.15, 0.2) is 17.3 Å². The van der Waals surface area contributed by atoms with Gasteiger partial charge in [-0.05, 0) is 31.5 Å². The molecule has 0 aliphatic carbocycles. The van der Waals surface area contributed by atoms with Gasteiger partial charge in [0, 0.05) is 50.8 Å². The molecule has 1 heterocycles. The van der Waals surface area contributed by atoms with Crippen LogP contribution in [0.15, 0.2) is 18.2 Å². The third-order valence-corrected chi connectivity index (χ3v) is 5.31. The number of ether oxygens (including phenoxy) is 2. The van der Waals surface area contributed by atoms with E-state index in [1.807, 2.05) is 11.8 Å². The lowest BCUT2D eigenvalue weighted by atomic mass is 9.91. The minimum Gasteiger partial charge on any atom is -0.493 e. The number of methoxy groups -OCH3 is 1. The molecule has 6 heteroatoms. The van der Waals surface area contributed by atoms with Crippen molar-refractivity contribution in [2.24, 2.45) is 5.92 Å². The van der Waals surface area contributed by atoms with Crippen LogP contribution in [0, 0.1) is 5.92 Å². The Morgan fingerprint density at radius 2 is 1.82 bits per heavy atom. The second kappa shape index (κ2) is 10.2. The summed E-state index contributed by atoms with van der Waals surface area (Å²) in [5.74, 6) is 0.954. The normalized spacial score (nSPS) is 15.8. The summed E-state index contributed by atoms with van der Waals surface area (Å²) in [6, 6.07) is 5.17. The minimum absolute atomic E-state index is 0.0118. The summed E-state index contributed by atoms with van der Waals surface area (Å²) in [6.07, 6.45) is 3.35. The van der Waals surface area contributed by atoms with Crippen LogP contribution in [0.25, 0.3) is 0 Å². The molecule has 6 nitrogen and oxygen atoms in total. The number of Topliss-reactive ketones (excluding diaryl/α,β-unsaturated/α-hetero) is 2. The SMILES string of the molecule is CCC[C@H](CC(=O)c1ccc(OC2CCN(C(C)=O)CC2)c(OC)c1)C(C)=O. The first-order chi connectivity index (χ1) is 13.3. The molecule has 0 radical (unpaired) electrons. The number of carbonyl (C=O) groups excluding carboxylic acids is 3. The van der Waals surface area contributed by atoms with E-state index in [1.165, 1.54) is 0 Å². The van der Waals surface area contributed by atoms with E-state index in [2.05, 4.69) is 0 Å². The van der Waals surface area contributed by atoms with E-state index in [1.54, 1.807) is 39.2 Å². The summed E-state index contributed by atoms with van der Waals surface area (Å²) in [5.41, 5.74) is 0.526. The number of hydrogen-bond acceptors (Lipinski definition) is 5. The Hall–Kier alpha value is -2.37. The van der Waals surface area contributed by atoms with Gasteiger partial charge < -0.3 is 14.4 Å². The van der Waals surface area contributed by atoms with Gasteiger partial charge in [-0.25, -0.2) is 0 Å². The molecule has 28 heavy (non-hydrogen) atoms. The number of rotatable bonds is 9. The number of piperidine rings is 1. The molecule has 1 atom stereocenters. The maximum absolute atomic E-state index is 12.6. The molecule has 1 aromatic carbocycles. The molecule has 1 saturated heterocycles. The monoisotopic (exact) mass is 389 g/mol. The van der Waals surface area contributed by atoms with Crippen molar-refractivity contribution in [1.29, 1.82) is 0 Å². The zero-order chi connectivity index (χ0) is 20.7. The van der Waals surface area contributed by atoms with Gasteiger partial charge in [-0.2, -0.15) is 0 Å². The number of hydrogen-bond donors (Lipinski definition) is 0. The van der Waals surface area contributed by atoms with Gasteiger partial charge in [-0.15, -0.1) is 0 Å². The van der Waals surface area contributed by atoms with Crippen molar-refractivity contribution >= 4 is 17.5 Å². The predicted molar refractivity (Wildman–Crippen MR) is 107 cm³/mol. The largest absolute Gasteiger partial charge is 0.493 e. The smallest absolute Gasteiger partial charge is 0.219 e. The van der Waals surface area contributed by atoms with Crippen LogP contribution < -0.4 is 9.47 Å². The van der Waals surface area contributed by atoms with Crippen LogP contribution in [0.4, 0.5) is 0 Å². The van der Waals surface area contributed by atoms with E-state index < -0.39 is 0 Å². The first kappa shape index (κ1) is 21.9. The predicted octanol–water partition coefficient (Wildman–Crippen LogP) is 3.66. The van der Waals surface area contributed by atoms with Gasteiger partial charge in [0.1, 0.15) is 11.9 Å². The molecule has 2 rings (SSSR count). The van der Waals surface area contributed by atoms with Gasteiger partial charge in [0.25, 0.3) is 0 Å². The summed E-state index contributed by atoms with van der Waals surface area (Å²) in [7, 11) is 1.55. The molecule has 0 aromatic heterocycles. The zero-order valence-corrected chi connectivity index (χ0v) is 17.3. The van der Waals surface area contributed by atoms with Crippen LogP contribution in [-0.4, -0.2) is 48.7 Å². The lowest BCUT2D eigenvalue weighted by Crippen LogP contribution is -2.40. The molecule has 1 fully saturated rings. The summed E-state index contributed by atoms with van der Waals surface area (Å²) in [6.45, 7) is 6.50. The molecule has 0 spiro atoms. The molecular weight excluding hydrogens is 358 g/mol. The van der Waals surface area contributed by atoms with Crippen LogP contribution in [0.1, 0.15) is 63.2 Å². The topological polar surface area (TPSA) is 72.9 Å². The van der Waals surface area contributed by atoms with Crippen molar-refractivity contribution < 1.29 is 23.9 Å². The number of ketones is 2. The molecule has 154 valence electrons. The molecule has 1 aliphatic heterocycles. The first-order valence-electron chi connectivity index (χ1n) is 9.99. The molecule has 1 amide bonds. The highest BCUT2D eigenvalue weighted by Gasteiger charge is 2.24. The van der Waals surface area contributed by atoms with Crippen molar-refractivity contribution in [2.45, 2.75) is 59.0 Å². The summed E-state index contributed by atoms with van der Waals surface area (Å²) < 4.78 is 11.5. The third-order valence-electron chi connectivity index (χ3n) is 5.31. The van der Waals surface area contributed by atoms with Gasteiger partial charge >= 0.3 is 0 Å². The Balaban J connectivity index is 2.04. The summed E-state index contributed by atoms with van der Waals surface area (Å²) in [5, 5.41) is 0. The van der Waals surface area contributed by atoms with Crippen molar-refractivity contribution in [3.05, 3.63) is 23.8 Å². The number of benzene rings is 1. The van der Waals surface area contributed by atoms with E-state index in [9.17, 15) is 14.4 Å². The number of carbonyl (C=O) groups is 3. The van der Waals surface area contributed by atoms with Crippen LogP contribution >= 0.6 is 0 Å². The molecule has 0 N–H and O–H groups in total. The number of likely N-dealkylation sites (tertiary alicyclic amines) is 1. The fourth-order valence-electron chi connectivity index (χ4n) is 3.55. The molecule has 0 bridgehead atoms. The summed E-state index contributed by atoms with van der Waals surface area (Å²) >= 11 is 0. The van der Waals surface area contributed by atoms with Gasteiger partial charge in [-0.3, -0.25) is 14.4 Å². The van der Waals surface area contributed by atoms with E-state index in [0.717, 1.165) is 25.7 Å². The van der Waals surface area contributed by atoms with Crippen LogP contribution in [-0.2, 0) is 9.59 Å². The fourth-order valence-corrected chi connectivity index (χ4v) is 3.55. The lowest BCUT2D eigenvalue weighted by Gasteiger charge is -2.31. The lowest BCUT2D eigenvalue weighted by molar-refractivity contribution is -0.130. The van der Waals surface area contributed by atoms with Crippen LogP contribution in [0.3, 0.4) is 0 Å². The Morgan fingerprint density at radius 1 is 1.14 bits per heavy atom. The Labute approximate surface area is 167 Å². The standard InChI is InChI=1S/C22H31NO5/c1-5-6-17(15(2)24)13-20(26)18-7-8-21(22(14-18)27-4)28-19-9-11-23(12-10-19)16(3)25/h7-8,14,17,19H,5-6,9-13H2,1-4H3/t17-/m1/s1. The van der Waals surface area contributed by atoms with Gasteiger partial charge in [0.2, 0.25) is 5.91 Å². The maximum atomic E-state index is 12.6. The Kier molecular flexibility index (Phi) is 8.03.